The molecule has 1 aliphatic rings. The van der Waals surface area contributed by atoms with Crippen molar-refractivity contribution in [3.05, 3.63) is 33.9 Å². The summed E-state index contributed by atoms with van der Waals surface area (Å²) in [6, 6.07) is 4.77. The van der Waals surface area contributed by atoms with Crippen LogP contribution in [0, 0.1) is 15.5 Å². The van der Waals surface area contributed by atoms with Crippen LogP contribution in [0.4, 0.5) is 11.4 Å². The van der Waals surface area contributed by atoms with Gasteiger partial charge in [-0.15, -0.1) is 0 Å². The van der Waals surface area contributed by atoms with Crippen molar-refractivity contribution in [2.24, 2.45) is 5.41 Å². The third-order valence-corrected chi connectivity index (χ3v) is 4.07. The van der Waals surface area contributed by atoms with Crippen molar-refractivity contribution in [3.8, 4) is 0 Å². The zero-order chi connectivity index (χ0) is 15.5. The fourth-order valence-electron chi connectivity index (χ4n) is 2.60. The van der Waals surface area contributed by atoms with Gasteiger partial charge in [0.2, 0.25) is 0 Å². The predicted molar refractivity (Wildman–Crippen MR) is 81.6 cm³/mol. The van der Waals surface area contributed by atoms with Crippen LogP contribution in [0.25, 0.3) is 0 Å². The van der Waals surface area contributed by atoms with Gasteiger partial charge >= 0.3 is 5.69 Å². The highest BCUT2D eigenvalue weighted by Gasteiger charge is 2.33. The Labute approximate surface area is 124 Å². The normalized spacial score (nSPS) is 15.9. The van der Waals surface area contributed by atoms with E-state index in [9.17, 15) is 14.9 Å². The average Bonchev–Trinajstić information content (AvgIpc) is 2.42. The Hall–Kier alpha value is -2.11. The summed E-state index contributed by atoms with van der Waals surface area (Å²) in [5.41, 5.74) is 0.478. The van der Waals surface area contributed by atoms with Gasteiger partial charge in [-0.3, -0.25) is 14.9 Å². The fraction of sp³-hybridized carbons (Fsp3) is 0.533. The molecule has 0 heterocycles. The van der Waals surface area contributed by atoms with Crippen molar-refractivity contribution >= 4 is 17.3 Å². The summed E-state index contributed by atoms with van der Waals surface area (Å²) < 4.78 is 0. The second kappa shape index (κ2) is 6.11. The van der Waals surface area contributed by atoms with E-state index in [0.717, 1.165) is 12.8 Å². The molecule has 1 amide bonds. The number of benzene rings is 1. The molecule has 1 aliphatic carbocycles. The third-order valence-electron chi connectivity index (χ3n) is 4.07. The molecule has 0 spiro atoms. The second-order valence-electron chi connectivity index (χ2n) is 5.84. The van der Waals surface area contributed by atoms with Crippen molar-refractivity contribution in [1.82, 2.24) is 5.32 Å². The van der Waals surface area contributed by atoms with Gasteiger partial charge in [0.1, 0.15) is 11.3 Å². The number of nitro benzene ring substituents is 1. The van der Waals surface area contributed by atoms with E-state index in [1.807, 2.05) is 6.92 Å². The average molecular weight is 291 g/mol. The Morgan fingerprint density at radius 1 is 1.43 bits per heavy atom. The molecule has 114 valence electrons. The van der Waals surface area contributed by atoms with Crippen LogP contribution in [-0.4, -0.2) is 23.9 Å². The molecule has 6 heteroatoms. The van der Waals surface area contributed by atoms with Crippen molar-refractivity contribution in [3.63, 3.8) is 0 Å². The lowest BCUT2D eigenvalue weighted by atomic mass is 9.70. The SMILES string of the molecule is CCNc1cccc(C(=O)NCC2(C)CCC2)c1[N+](=O)[O-]. The van der Waals surface area contributed by atoms with Crippen LogP contribution in [0.3, 0.4) is 0 Å². The Balaban J connectivity index is 2.19. The molecule has 0 bridgehead atoms. The number of anilines is 1. The number of carbonyl (C=O) groups excluding carboxylic acids is 1. The summed E-state index contributed by atoms with van der Waals surface area (Å²) in [5, 5.41) is 17.0. The van der Waals surface area contributed by atoms with Crippen LogP contribution in [0.1, 0.15) is 43.5 Å². The van der Waals surface area contributed by atoms with E-state index in [2.05, 4.69) is 17.6 Å². The first-order valence-electron chi connectivity index (χ1n) is 7.26. The van der Waals surface area contributed by atoms with Crippen LogP contribution in [-0.2, 0) is 0 Å². The van der Waals surface area contributed by atoms with Crippen molar-refractivity contribution in [2.75, 3.05) is 18.4 Å². The zero-order valence-corrected chi connectivity index (χ0v) is 12.4. The van der Waals surface area contributed by atoms with Gasteiger partial charge in [0.25, 0.3) is 5.91 Å². The zero-order valence-electron chi connectivity index (χ0n) is 12.4. The molecular weight excluding hydrogens is 270 g/mol. The third kappa shape index (κ3) is 3.32. The molecule has 0 aromatic heterocycles. The first-order valence-corrected chi connectivity index (χ1v) is 7.26. The smallest absolute Gasteiger partial charge is 0.305 e. The lowest BCUT2D eigenvalue weighted by molar-refractivity contribution is -0.384. The molecule has 1 fully saturated rings. The minimum absolute atomic E-state index is 0.112. The van der Waals surface area contributed by atoms with E-state index >= 15 is 0 Å². The number of hydrogen-bond acceptors (Lipinski definition) is 4. The maximum Gasteiger partial charge on any atom is 0.305 e. The topological polar surface area (TPSA) is 84.3 Å². The number of rotatable bonds is 6. The number of nitro groups is 1. The summed E-state index contributed by atoms with van der Waals surface area (Å²) in [7, 11) is 0. The molecule has 1 saturated carbocycles. The fourth-order valence-corrected chi connectivity index (χ4v) is 2.60. The largest absolute Gasteiger partial charge is 0.380 e. The van der Waals surface area contributed by atoms with Gasteiger partial charge in [-0.25, -0.2) is 0 Å². The molecule has 0 atom stereocenters. The Morgan fingerprint density at radius 3 is 2.67 bits per heavy atom. The van der Waals surface area contributed by atoms with Gasteiger partial charge < -0.3 is 10.6 Å². The van der Waals surface area contributed by atoms with E-state index in [1.165, 1.54) is 12.5 Å². The minimum atomic E-state index is -0.502. The number of para-hydroxylation sites is 1. The highest BCUT2D eigenvalue weighted by molar-refractivity contribution is 6.00. The maximum atomic E-state index is 12.3. The monoisotopic (exact) mass is 291 g/mol. The van der Waals surface area contributed by atoms with Crippen LogP contribution in [0.15, 0.2) is 18.2 Å². The van der Waals surface area contributed by atoms with Crippen molar-refractivity contribution < 1.29 is 9.72 Å². The Morgan fingerprint density at radius 2 is 2.14 bits per heavy atom. The molecule has 0 radical (unpaired) electrons. The highest BCUT2D eigenvalue weighted by atomic mass is 16.6. The molecule has 6 nitrogen and oxygen atoms in total. The second-order valence-corrected chi connectivity index (χ2v) is 5.84. The Bertz CT molecular complexity index is 553. The van der Waals surface area contributed by atoms with Gasteiger partial charge in [-0.1, -0.05) is 19.4 Å². The van der Waals surface area contributed by atoms with Crippen LogP contribution < -0.4 is 10.6 Å². The summed E-state index contributed by atoms with van der Waals surface area (Å²) >= 11 is 0. The Kier molecular flexibility index (Phi) is 4.45. The molecule has 0 aliphatic heterocycles. The van der Waals surface area contributed by atoms with E-state index in [0.29, 0.717) is 18.8 Å². The van der Waals surface area contributed by atoms with Gasteiger partial charge in [-0.2, -0.15) is 0 Å². The molecule has 0 unspecified atom stereocenters. The molecule has 1 aromatic rings. The van der Waals surface area contributed by atoms with Gasteiger partial charge in [0, 0.05) is 13.1 Å². The van der Waals surface area contributed by atoms with Gasteiger partial charge in [0.15, 0.2) is 0 Å². The number of nitrogens with one attached hydrogen (secondary N) is 2. The van der Waals surface area contributed by atoms with E-state index in [4.69, 9.17) is 0 Å². The van der Waals surface area contributed by atoms with E-state index < -0.39 is 4.92 Å². The molecule has 2 rings (SSSR count). The van der Waals surface area contributed by atoms with E-state index in [1.54, 1.807) is 12.1 Å². The highest BCUT2D eigenvalue weighted by Crippen LogP contribution is 2.39. The van der Waals surface area contributed by atoms with Gasteiger partial charge in [0.05, 0.1) is 4.92 Å². The first kappa shape index (κ1) is 15.3. The predicted octanol–water partition coefficient (Wildman–Crippen LogP) is 2.95. The molecule has 21 heavy (non-hydrogen) atoms. The summed E-state index contributed by atoms with van der Waals surface area (Å²) in [6.45, 7) is 5.10. The van der Waals surface area contributed by atoms with Crippen LogP contribution >= 0.6 is 0 Å². The van der Waals surface area contributed by atoms with Crippen molar-refractivity contribution in [2.45, 2.75) is 33.1 Å². The quantitative estimate of drug-likeness (QED) is 0.623. The maximum absolute atomic E-state index is 12.3. The lowest BCUT2D eigenvalue weighted by Crippen LogP contribution is -2.40. The summed E-state index contributed by atoms with van der Waals surface area (Å²) in [5.74, 6) is -0.380. The molecule has 2 N–H and O–H groups in total. The number of carbonyl (C=O) groups is 1. The van der Waals surface area contributed by atoms with Crippen LogP contribution in [0.2, 0.25) is 0 Å². The van der Waals surface area contributed by atoms with E-state index in [-0.39, 0.29) is 22.6 Å². The summed E-state index contributed by atoms with van der Waals surface area (Å²) in [6.07, 6.45) is 3.36. The first-order chi connectivity index (χ1) is 9.97. The number of nitrogens with zero attached hydrogens (tertiary/aromatic N) is 1. The van der Waals surface area contributed by atoms with Crippen LogP contribution in [0.5, 0.6) is 0 Å². The molecule has 1 aromatic carbocycles. The number of amides is 1. The molecule has 0 saturated heterocycles. The summed E-state index contributed by atoms with van der Waals surface area (Å²) in [4.78, 5) is 23.0. The number of hydrogen-bond donors (Lipinski definition) is 2. The van der Waals surface area contributed by atoms with Crippen molar-refractivity contribution in [1.29, 1.82) is 0 Å². The minimum Gasteiger partial charge on any atom is -0.380 e. The lowest BCUT2D eigenvalue weighted by Gasteiger charge is -2.38. The van der Waals surface area contributed by atoms with Gasteiger partial charge in [-0.05, 0) is 37.3 Å². The standard InChI is InChI=1S/C15H21N3O3/c1-3-16-12-7-4-6-11(13(12)18(20)21)14(19)17-10-15(2)8-5-9-15/h4,6-7,16H,3,5,8-10H2,1-2H3,(H,17,19). The molecular formula is C15H21N3O3.